The maximum Gasteiger partial charge on any atom is 0.306 e. The van der Waals surface area contributed by atoms with Crippen molar-refractivity contribution >= 4 is 22.1 Å². The summed E-state index contributed by atoms with van der Waals surface area (Å²) in [4.78, 5) is 25.3. The van der Waals surface area contributed by atoms with E-state index in [0.29, 0.717) is 19.3 Å². The Morgan fingerprint density at radius 1 is 0.621 bits per heavy atom. The van der Waals surface area contributed by atoms with E-state index in [9.17, 15) is 37.9 Å². The molecule has 13 heteroatoms. The van der Waals surface area contributed by atoms with Crippen LogP contribution in [0.1, 0.15) is 117 Å². The summed E-state index contributed by atoms with van der Waals surface area (Å²) in [6.45, 7) is 3.47. The minimum absolute atomic E-state index is 0.100. The monoisotopic (exact) mass is 834 g/mol. The van der Waals surface area contributed by atoms with E-state index in [1.165, 1.54) is 19.3 Å². The second-order valence-electron chi connectivity index (χ2n) is 14.0. The van der Waals surface area contributed by atoms with Gasteiger partial charge in [0.05, 0.1) is 6.61 Å². The molecule has 0 aliphatic carbocycles. The minimum Gasteiger partial charge on any atom is -0.462 e. The van der Waals surface area contributed by atoms with Crippen molar-refractivity contribution in [3.8, 4) is 0 Å². The molecule has 328 valence electrons. The predicted molar refractivity (Wildman–Crippen MR) is 228 cm³/mol. The number of aliphatic hydroxyl groups is 3. The first-order chi connectivity index (χ1) is 28.0. The standard InChI is InChI=1S/C45H70O12S/c1-3-5-7-9-11-13-15-17-18-19-20-22-23-25-27-29-31-33-40(46)54-35-38(36-55-45-44(50)43(49)42(48)39(57-45)37-58(51,52)53)56-41(47)34-32-30-28-26-24-21-16-14-12-10-8-6-4-2/h6,8,10-14,16-18,20-22,24-25,27,38-39,42-45,48-50H,3-5,7,9,15,19,23,26,28-37H2,1-2H3,(H,51,52,53)/b8-6+,12-10+,13-11+,16-14+,18-17+,22-20+,24-21+,27-25+/t38?,39-,42-,43?,44?,45+/m1/s1. The Hall–Kier alpha value is -3.43. The molecular weight excluding hydrogens is 765 g/mol. The van der Waals surface area contributed by atoms with Crippen LogP contribution in [-0.4, -0.2) is 96.0 Å². The Morgan fingerprint density at radius 3 is 1.79 bits per heavy atom. The normalized spacial score (nSPS) is 21.4. The first-order valence-electron chi connectivity index (χ1n) is 20.8. The van der Waals surface area contributed by atoms with Gasteiger partial charge in [-0.25, -0.2) is 0 Å². The van der Waals surface area contributed by atoms with Crippen molar-refractivity contribution in [3.63, 3.8) is 0 Å². The summed E-state index contributed by atoms with van der Waals surface area (Å²) in [6, 6.07) is 0. The molecule has 1 heterocycles. The Labute approximate surface area is 347 Å². The SMILES string of the molecule is CC/C=C/C=C/C=C/C=C/CCCCCC(=O)OC(COC(=O)CCC/C=C/C/C=C/C/C=C/C/C=C/CCCCC)CO[C@H]1O[C@H](CS(=O)(=O)O)[C@@H](O)C(O)C1O. The van der Waals surface area contributed by atoms with Gasteiger partial charge in [-0.3, -0.25) is 14.1 Å². The topological polar surface area (TPSA) is 186 Å². The Balaban J connectivity index is 2.56. The number of rotatable bonds is 32. The predicted octanol–water partition coefficient (Wildman–Crippen LogP) is 7.88. The average Bonchev–Trinajstić information content (AvgIpc) is 3.18. The molecule has 0 aromatic rings. The highest BCUT2D eigenvalue weighted by atomic mass is 32.2. The van der Waals surface area contributed by atoms with E-state index in [1.807, 2.05) is 48.6 Å². The summed E-state index contributed by atoms with van der Waals surface area (Å²) in [5.74, 6) is -2.13. The molecule has 4 N–H and O–H groups in total. The van der Waals surface area contributed by atoms with E-state index in [2.05, 4.69) is 62.5 Å². The van der Waals surface area contributed by atoms with Crippen molar-refractivity contribution < 1.29 is 56.8 Å². The molecule has 1 saturated heterocycles. The van der Waals surface area contributed by atoms with E-state index < -0.39 is 71.2 Å². The van der Waals surface area contributed by atoms with Gasteiger partial charge in [-0.2, -0.15) is 8.42 Å². The van der Waals surface area contributed by atoms with Crippen LogP contribution in [0, 0.1) is 0 Å². The number of carbonyl (C=O) groups excluding carboxylic acids is 2. The maximum atomic E-state index is 12.7. The highest BCUT2D eigenvalue weighted by Crippen LogP contribution is 2.23. The van der Waals surface area contributed by atoms with Crippen molar-refractivity contribution in [2.24, 2.45) is 0 Å². The van der Waals surface area contributed by atoms with E-state index in [1.54, 1.807) is 0 Å². The zero-order chi connectivity index (χ0) is 42.7. The minimum atomic E-state index is -4.62. The lowest BCUT2D eigenvalue weighted by atomic mass is 10.00. The number of hydrogen-bond donors (Lipinski definition) is 4. The van der Waals surface area contributed by atoms with Crippen LogP contribution in [0.3, 0.4) is 0 Å². The fourth-order valence-corrected chi connectivity index (χ4v) is 6.19. The number of aliphatic hydroxyl groups excluding tert-OH is 3. The van der Waals surface area contributed by atoms with Gasteiger partial charge in [0.15, 0.2) is 12.4 Å². The van der Waals surface area contributed by atoms with E-state index in [0.717, 1.165) is 51.4 Å². The molecule has 12 nitrogen and oxygen atoms in total. The third-order valence-electron chi connectivity index (χ3n) is 8.74. The number of ether oxygens (including phenoxy) is 4. The van der Waals surface area contributed by atoms with Gasteiger partial charge in [-0.05, 0) is 70.6 Å². The van der Waals surface area contributed by atoms with Crippen LogP contribution >= 0.6 is 0 Å². The fraction of sp³-hybridized carbons (Fsp3) is 0.600. The van der Waals surface area contributed by atoms with Crippen LogP contribution in [0.15, 0.2) is 97.2 Å². The molecular formula is C45H70O12S. The van der Waals surface area contributed by atoms with E-state index in [-0.39, 0.29) is 19.4 Å². The van der Waals surface area contributed by atoms with Crippen molar-refractivity contribution in [1.82, 2.24) is 0 Å². The van der Waals surface area contributed by atoms with Gasteiger partial charge in [0, 0.05) is 12.8 Å². The molecule has 0 aromatic carbocycles. The molecule has 1 fully saturated rings. The zero-order valence-electron chi connectivity index (χ0n) is 34.6. The van der Waals surface area contributed by atoms with Crippen molar-refractivity contribution in [2.45, 2.75) is 153 Å². The van der Waals surface area contributed by atoms with Crippen LogP contribution in [0.2, 0.25) is 0 Å². The quantitative estimate of drug-likeness (QED) is 0.0169. The molecule has 3 unspecified atom stereocenters. The molecule has 0 spiro atoms. The lowest BCUT2D eigenvalue weighted by Gasteiger charge is -2.40. The molecule has 1 aliphatic rings. The molecule has 0 aromatic heterocycles. The van der Waals surface area contributed by atoms with Crippen LogP contribution in [-0.2, 0) is 38.7 Å². The van der Waals surface area contributed by atoms with E-state index >= 15 is 0 Å². The van der Waals surface area contributed by atoms with Crippen LogP contribution in [0.4, 0.5) is 0 Å². The fourth-order valence-electron chi connectivity index (χ4n) is 5.50. The third-order valence-corrected chi connectivity index (χ3v) is 9.49. The highest BCUT2D eigenvalue weighted by Gasteiger charge is 2.46. The maximum absolute atomic E-state index is 12.7. The third kappa shape index (κ3) is 28.9. The van der Waals surface area contributed by atoms with Gasteiger partial charge in [0.25, 0.3) is 10.1 Å². The molecule has 0 bridgehead atoms. The number of allylic oxidation sites excluding steroid dienone is 16. The van der Waals surface area contributed by atoms with Crippen molar-refractivity contribution in [2.75, 3.05) is 19.0 Å². The number of unbranched alkanes of at least 4 members (excludes halogenated alkanes) is 7. The zero-order valence-corrected chi connectivity index (χ0v) is 35.4. The number of hydrogen-bond acceptors (Lipinski definition) is 11. The second-order valence-corrected chi connectivity index (χ2v) is 15.5. The molecule has 6 atom stereocenters. The Bertz CT molecular complexity index is 1440. The lowest BCUT2D eigenvalue weighted by molar-refractivity contribution is -0.297. The molecule has 1 aliphatic heterocycles. The summed E-state index contributed by atoms with van der Waals surface area (Å²) in [6.07, 6.45) is 36.1. The van der Waals surface area contributed by atoms with Gasteiger partial charge in [-0.15, -0.1) is 0 Å². The summed E-state index contributed by atoms with van der Waals surface area (Å²) in [5.41, 5.74) is 0. The van der Waals surface area contributed by atoms with Crippen molar-refractivity contribution in [3.05, 3.63) is 97.2 Å². The molecule has 58 heavy (non-hydrogen) atoms. The molecule has 0 saturated carbocycles. The van der Waals surface area contributed by atoms with Gasteiger partial charge in [0.1, 0.15) is 36.8 Å². The molecule has 0 amide bonds. The Morgan fingerprint density at radius 2 is 1.17 bits per heavy atom. The first-order valence-corrected chi connectivity index (χ1v) is 22.5. The highest BCUT2D eigenvalue weighted by molar-refractivity contribution is 7.85. The van der Waals surface area contributed by atoms with Crippen LogP contribution in [0.5, 0.6) is 0 Å². The first kappa shape index (κ1) is 52.6. The van der Waals surface area contributed by atoms with Gasteiger partial charge >= 0.3 is 11.9 Å². The number of esters is 2. The lowest BCUT2D eigenvalue weighted by Crippen LogP contribution is -2.60. The molecule has 0 radical (unpaired) electrons. The Kier molecular flexibility index (Phi) is 31.2. The molecule has 1 rings (SSSR count). The number of carbonyl (C=O) groups is 2. The average molecular weight is 835 g/mol. The van der Waals surface area contributed by atoms with Crippen molar-refractivity contribution in [1.29, 1.82) is 0 Å². The van der Waals surface area contributed by atoms with Gasteiger partial charge < -0.3 is 34.3 Å². The largest absolute Gasteiger partial charge is 0.462 e. The summed E-state index contributed by atoms with van der Waals surface area (Å²) in [7, 11) is -4.62. The van der Waals surface area contributed by atoms with Crippen LogP contribution in [0.25, 0.3) is 0 Å². The van der Waals surface area contributed by atoms with E-state index in [4.69, 9.17) is 18.9 Å². The van der Waals surface area contributed by atoms with Gasteiger partial charge in [0.2, 0.25) is 0 Å². The van der Waals surface area contributed by atoms with Crippen LogP contribution < -0.4 is 0 Å². The van der Waals surface area contributed by atoms with Gasteiger partial charge in [-0.1, -0.05) is 130 Å². The summed E-state index contributed by atoms with van der Waals surface area (Å²) >= 11 is 0. The summed E-state index contributed by atoms with van der Waals surface area (Å²) in [5, 5.41) is 30.8. The second kappa shape index (κ2) is 34.4. The summed E-state index contributed by atoms with van der Waals surface area (Å²) < 4.78 is 53.8. The smallest absolute Gasteiger partial charge is 0.306 e.